The summed E-state index contributed by atoms with van der Waals surface area (Å²) in [5.41, 5.74) is 1.65. The molecular weight excluding hydrogens is 266 g/mol. The van der Waals surface area contributed by atoms with E-state index in [1.807, 2.05) is 55.6 Å². The van der Waals surface area contributed by atoms with E-state index in [1.165, 1.54) is 0 Å². The number of aliphatic carboxylic acids is 1. The molecule has 1 aliphatic heterocycles. The lowest BCUT2D eigenvalue weighted by molar-refractivity contribution is -0.139. The number of carboxylic acid groups (broad SMARTS) is 1. The molecule has 0 amide bonds. The molecule has 1 aliphatic rings. The van der Waals surface area contributed by atoms with Gasteiger partial charge in [-0.25, -0.2) is 0 Å². The highest BCUT2D eigenvalue weighted by atomic mass is 16.5. The predicted octanol–water partition coefficient (Wildman–Crippen LogP) is 2.96. The summed E-state index contributed by atoms with van der Waals surface area (Å²) in [6.45, 7) is 0.575. The fourth-order valence-corrected chi connectivity index (χ4v) is 2.98. The van der Waals surface area contributed by atoms with E-state index in [1.54, 1.807) is 0 Å². The van der Waals surface area contributed by atoms with Gasteiger partial charge in [0.05, 0.1) is 5.92 Å². The highest BCUT2D eigenvalue weighted by Gasteiger charge is 2.36. The van der Waals surface area contributed by atoms with Crippen molar-refractivity contribution in [1.82, 2.24) is 5.32 Å². The Balaban J connectivity index is 2.22. The van der Waals surface area contributed by atoms with Crippen molar-refractivity contribution in [1.29, 1.82) is 0 Å². The molecule has 2 atom stereocenters. The summed E-state index contributed by atoms with van der Waals surface area (Å²) in [5, 5.41) is 12.9. The van der Waals surface area contributed by atoms with Crippen LogP contribution in [-0.4, -0.2) is 24.7 Å². The second-order valence-corrected chi connectivity index (χ2v) is 5.16. The second-order valence-electron chi connectivity index (χ2n) is 5.16. The average Bonchev–Trinajstić information content (AvgIpc) is 2.62. The number of ether oxygens (including phenoxy) is 1. The fourth-order valence-electron chi connectivity index (χ4n) is 2.98. The Kier molecular flexibility index (Phi) is 3.62. The third kappa shape index (κ3) is 2.38. The molecular formula is C17H17NO3. The molecule has 4 heteroatoms. The van der Waals surface area contributed by atoms with Gasteiger partial charge in [0.25, 0.3) is 0 Å². The average molecular weight is 283 g/mol. The van der Waals surface area contributed by atoms with Crippen LogP contribution in [0.15, 0.2) is 48.5 Å². The normalized spacial score (nSPS) is 19.9. The maximum Gasteiger partial charge on any atom is 0.311 e. The van der Waals surface area contributed by atoms with Crippen LogP contribution in [0.1, 0.15) is 23.0 Å². The second kappa shape index (κ2) is 5.58. The summed E-state index contributed by atoms with van der Waals surface area (Å²) in [4.78, 5) is 11.9. The van der Waals surface area contributed by atoms with Gasteiger partial charge in [0.1, 0.15) is 11.5 Å². The van der Waals surface area contributed by atoms with Crippen molar-refractivity contribution in [3.8, 4) is 11.5 Å². The zero-order chi connectivity index (χ0) is 14.8. The van der Waals surface area contributed by atoms with Crippen LogP contribution in [0.5, 0.6) is 11.5 Å². The summed E-state index contributed by atoms with van der Waals surface area (Å²) in [6, 6.07) is 15.0. The van der Waals surface area contributed by atoms with E-state index in [0.717, 1.165) is 16.9 Å². The smallest absolute Gasteiger partial charge is 0.311 e. The third-order valence-corrected chi connectivity index (χ3v) is 3.88. The van der Waals surface area contributed by atoms with Crippen molar-refractivity contribution in [3.05, 3.63) is 59.7 Å². The van der Waals surface area contributed by atoms with Crippen molar-refractivity contribution in [2.24, 2.45) is 0 Å². The molecule has 2 unspecified atom stereocenters. The van der Waals surface area contributed by atoms with Crippen molar-refractivity contribution < 1.29 is 14.6 Å². The van der Waals surface area contributed by atoms with E-state index >= 15 is 0 Å². The molecule has 0 fully saturated rings. The monoisotopic (exact) mass is 283 g/mol. The van der Waals surface area contributed by atoms with E-state index in [4.69, 9.17) is 4.74 Å². The summed E-state index contributed by atoms with van der Waals surface area (Å²) in [5.74, 6) is -0.280. The minimum atomic E-state index is -0.831. The predicted molar refractivity (Wildman–Crippen MR) is 80.0 cm³/mol. The highest BCUT2D eigenvalue weighted by Crippen LogP contribution is 2.45. The van der Waals surface area contributed by atoms with Gasteiger partial charge in [0, 0.05) is 23.6 Å². The quantitative estimate of drug-likeness (QED) is 0.909. The van der Waals surface area contributed by atoms with Crippen molar-refractivity contribution in [2.75, 3.05) is 13.6 Å². The van der Waals surface area contributed by atoms with Crippen LogP contribution < -0.4 is 10.1 Å². The number of rotatable bonds is 3. The number of hydrogen-bond donors (Lipinski definition) is 2. The Bertz CT molecular complexity index is 669. The Hall–Kier alpha value is -2.33. The van der Waals surface area contributed by atoms with Crippen molar-refractivity contribution in [2.45, 2.75) is 11.8 Å². The molecule has 0 radical (unpaired) electrons. The SMILES string of the molecule is CNCC1c2ccccc2Oc2ccccc2C1C(=O)O. The lowest BCUT2D eigenvalue weighted by atomic mass is 9.81. The number of para-hydroxylation sites is 2. The number of carbonyl (C=O) groups is 1. The van der Waals surface area contributed by atoms with E-state index in [9.17, 15) is 9.90 Å². The van der Waals surface area contributed by atoms with Crippen LogP contribution in [0.4, 0.5) is 0 Å². The first-order valence-corrected chi connectivity index (χ1v) is 6.95. The molecule has 1 heterocycles. The van der Waals surface area contributed by atoms with Gasteiger partial charge in [0.2, 0.25) is 0 Å². The number of likely N-dealkylation sites (N-methyl/N-ethyl adjacent to an activating group) is 1. The van der Waals surface area contributed by atoms with E-state index in [0.29, 0.717) is 12.3 Å². The zero-order valence-corrected chi connectivity index (χ0v) is 11.7. The molecule has 0 aliphatic carbocycles. The molecule has 4 nitrogen and oxygen atoms in total. The molecule has 21 heavy (non-hydrogen) atoms. The van der Waals surface area contributed by atoms with E-state index < -0.39 is 11.9 Å². The minimum absolute atomic E-state index is 0.174. The highest BCUT2D eigenvalue weighted by molar-refractivity contribution is 5.79. The van der Waals surface area contributed by atoms with Crippen LogP contribution in [0, 0.1) is 0 Å². The van der Waals surface area contributed by atoms with Gasteiger partial charge in [-0.2, -0.15) is 0 Å². The first-order chi connectivity index (χ1) is 10.2. The van der Waals surface area contributed by atoms with Crippen LogP contribution in [0.2, 0.25) is 0 Å². The summed E-state index contributed by atoms with van der Waals surface area (Å²) < 4.78 is 5.97. The first kappa shape index (κ1) is 13.6. The van der Waals surface area contributed by atoms with Gasteiger partial charge in [-0.05, 0) is 19.2 Å². The first-order valence-electron chi connectivity index (χ1n) is 6.95. The Morgan fingerprint density at radius 3 is 2.29 bits per heavy atom. The van der Waals surface area contributed by atoms with Gasteiger partial charge in [0.15, 0.2) is 0 Å². The molecule has 0 saturated carbocycles. The number of nitrogens with one attached hydrogen (secondary N) is 1. The Morgan fingerprint density at radius 2 is 1.67 bits per heavy atom. The maximum atomic E-state index is 11.9. The molecule has 108 valence electrons. The molecule has 2 aromatic rings. The number of benzene rings is 2. The molecule has 3 rings (SSSR count). The zero-order valence-electron chi connectivity index (χ0n) is 11.7. The fraction of sp³-hybridized carbons (Fsp3) is 0.235. The van der Waals surface area contributed by atoms with E-state index in [2.05, 4.69) is 5.32 Å². The largest absolute Gasteiger partial charge is 0.481 e. The van der Waals surface area contributed by atoms with Gasteiger partial charge in [-0.15, -0.1) is 0 Å². The number of fused-ring (bicyclic) bond motifs is 2. The van der Waals surface area contributed by atoms with Crippen molar-refractivity contribution in [3.63, 3.8) is 0 Å². The summed E-state index contributed by atoms with van der Waals surface area (Å²) in [6.07, 6.45) is 0. The van der Waals surface area contributed by atoms with Gasteiger partial charge in [-0.3, -0.25) is 4.79 Å². The molecule has 2 N–H and O–H groups in total. The van der Waals surface area contributed by atoms with Crippen LogP contribution in [-0.2, 0) is 4.79 Å². The van der Waals surface area contributed by atoms with Crippen LogP contribution in [0.25, 0.3) is 0 Å². The standard InChI is InChI=1S/C17H17NO3/c1-18-10-13-11-6-2-4-8-14(11)21-15-9-5-3-7-12(15)16(13)17(19)20/h2-9,13,16,18H,10H2,1H3,(H,19,20). The molecule has 0 spiro atoms. The molecule has 0 saturated heterocycles. The maximum absolute atomic E-state index is 11.9. The summed E-state index contributed by atoms with van der Waals surface area (Å²) in [7, 11) is 1.83. The van der Waals surface area contributed by atoms with Gasteiger partial charge in [-0.1, -0.05) is 36.4 Å². The van der Waals surface area contributed by atoms with Crippen LogP contribution >= 0.6 is 0 Å². The van der Waals surface area contributed by atoms with Crippen LogP contribution in [0.3, 0.4) is 0 Å². The van der Waals surface area contributed by atoms with Crippen molar-refractivity contribution >= 4 is 5.97 Å². The third-order valence-electron chi connectivity index (χ3n) is 3.88. The lowest BCUT2D eigenvalue weighted by Gasteiger charge is -2.23. The summed E-state index contributed by atoms with van der Waals surface area (Å²) >= 11 is 0. The number of carboxylic acids is 1. The minimum Gasteiger partial charge on any atom is -0.481 e. The Labute approximate surface area is 123 Å². The Morgan fingerprint density at radius 1 is 1.10 bits per heavy atom. The molecule has 0 aromatic heterocycles. The van der Waals surface area contributed by atoms with Gasteiger partial charge < -0.3 is 15.2 Å². The topological polar surface area (TPSA) is 58.6 Å². The van der Waals surface area contributed by atoms with Gasteiger partial charge >= 0.3 is 5.97 Å². The number of hydrogen-bond acceptors (Lipinski definition) is 3. The molecule has 2 aromatic carbocycles. The van der Waals surface area contributed by atoms with E-state index in [-0.39, 0.29) is 5.92 Å². The molecule has 0 bridgehead atoms. The lowest BCUT2D eigenvalue weighted by Crippen LogP contribution is -2.27.